The molecule has 0 atom stereocenters. The van der Waals surface area contributed by atoms with E-state index in [0.29, 0.717) is 11.9 Å². The summed E-state index contributed by atoms with van der Waals surface area (Å²) in [6.45, 7) is 6.05. The van der Waals surface area contributed by atoms with Crippen molar-refractivity contribution in [3.05, 3.63) is 54.4 Å². The van der Waals surface area contributed by atoms with Gasteiger partial charge in [0.15, 0.2) is 5.82 Å². The highest BCUT2D eigenvalue weighted by Crippen LogP contribution is 2.22. The van der Waals surface area contributed by atoms with E-state index in [1.54, 1.807) is 18.7 Å². The summed E-state index contributed by atoms with van der Waals surface area (Å²) in [6.07, 6.45) is 8.23. The lowest BCUT2D eigenvalue weighted by Gasteiger charge is -2.33. The number of hydrogen-bond donors (Lipinski definition) is 1. The minimum atomic E-state index is 0.389. The van der Waals surface area contributed by atoms with Gasteiger partial charge in [-0.3, -0.25) is 4.98 Å². The van der Waals surface area contributed by atoms with Gasteiger partial charge in [-0.2, -0.15) is 0 Å². The molecule has 1 saturated heterocycles. The van der Waals surface area contributed by atoms with Gasteiger partial charge in [0.05, 0.1) is 0 Å². The second-order valence-electron chi connectivity index (χ2n) is 7.09. The van der Waals surface area contributed by atoms with E-state index in [0.717, 1.165) is 60.9 Å². The van der Waals surface area contributed by atoms with Crippen molar-refractivity contribution in [2.24, 2.45) is 0 Å². The van der Waals surface area contributed by atoms with E-state index in [-0.39, 0.29) is 0 Å². The number of nitrogens with zero attached hydrogens (tertiary/aromatic N) is 6. The zero-order valence-corrected chi connectivity index (χ0v) is 16.3. The van der Waals surface area contributed by atoms with E-state index in [4.69, 9.17) is 4.98 Å². The van der Waals surface area contributed by atoms with Crippen LogP contribution in [0.1, 0.15) is 31.2 Å². The molecule has 0 aromatic carbocycles. The Morgan fingerprint density at radius 1 is 1.14 bits per heavy atom. The second-order valence-corrected chi connectivity index (χ2v) is 7.09. The van der Waals surface area contributed by atoms with Crippen LogP contribution in [0, 0.1) is 6.92 Å². The molecule has 28 heavy (non-hydrogen) atoms. The van der Waals surface area contributed by atoms with Crippen LogP contribution in [-0.4, -0.2) is 44.1 Å². The zero-order chi connectivity index (χ0) is 19.3. The lowest BCUT2D eigenvalue weighted by molar-refractivity contribution is 0.522. The molecule has 7 heteroatoms. The molecule has 144 valence electrons. The minimum absolute atomic E-state index is 0.389. The maximum absolute atomic E-state index is 4.70. The Hall–Kier alpha value is -3.09. The predicted molar refractivity (Wildman–Crippen MR) is 110 cm³/mol. The van der Waals surface area contributed by atoms with Gasteiger partial charge in [-0.05, 0) is 38.3 Å². The monoisotopic (exact) mass is 375 g/mol. The molecule has 1 aliphatic heterocycles. The third-order valence-electron chi connectivity index (χ3n) is 5.02. The van der Waals surface area contributed by atoms with Crippen LogP contribution in [-0.2, 0) is 6.42 Å². The van der Waals surface area contributed by atoms with E-state index in [1.165, 1.54) is 0 Å². The number of piperidine rings is 1. The van der Waals surface area contributed by atoms with E-state index >= 15 is 0 Å². The Balaban J connectivity index is 1.41. The van der Waals surface area contributed by atoms with Gasteiger partial charge in [0.25, 0.3) is 0 Å². The molecular formula is C21H25N7. The molecule has 7 nitrogen and oxygen atoms in total. The topological polar surface area (TPSA) is 79.7 Å². The van der Waals surface area contributed by atoms with Crippen LogP contribution in [0.2, 0.25) is 0 Å². The zero-order valence-electron chi connectivity index (χ0n) is 16.3. The molecule has 1 aliphatic rings. The number of hydrogen-bond acceptors (Lipinski definition) is 7. The second kappa shape index (κ2) is 8.29. The smallest absolute Gasteiger partial charge is 0.163 e. The molecular weight excluding hydrogens is 350 g/mol. The van der Waals surface area contributed by atoms with Crippen molar-refractivity contribution in [2.75, 3.05) is 23.3 Å². The molecule has 0 radical (unpaired) electrons. The summed E-state index contributed by atoms with van der Waals surface area (Å²) in [6, 6.07) is 8.38. The van der Waals surface area contributed by atoms with Crippen LogP contribution < -0.4 is 10.2 Å². The molecule has 0 spiro atoms. The lowest BCUT2D eigenvalue weighted by Crippen LogP contribution is -2.39. The average molecular weight is 375 g/mol. The first-order valence-corrected chi connectivity index (χ1v) is 9.80. The standard InChI is InChI=1S/C21H25N7/c1-3-17-12-20(24-14-23-17)28-9-6-18(7-10-28)26-19-11-15(2)25-21(27-19)16-5-4-8-22-13-16/h4-5,8,11-14,18H,3,6-7,9-10H2,1-2H3,(H,25,26,27). The summed E-state index contributed by atoms with van der Waals surface area (Å²) >= 11 is 0. The third kappa shape index (κ3) is 4.24. The van der Waals surface area contributed by atoms with Crippen molar-refractivity contribution in [3.8, 4) is 11.4 Å². The fourth-order valence-electron chi connectivity index (χ4n) is 3.48. The quantitative estimate of drug-likeness (QED) is 0.733. The van der Waals surface area contributed by atoms with E-state index in [9.17, 15) is 0 Å². The molecule has 4 heterocycles. The first-order chi connectivity index (χ1) is 13.7. The lowest BCUT2D eigenvalue weighted by atomic mass is 10.0. The van der Waals surface area contributed by atoms with Crippen LogP contribution >= 0.6 is 0 Å². The van der Waals surface area contributed by atoms with Crippen LogP contribution in [0.25, 0.3) is 11.4 Å². The molecule has 4 rings (SSSR count). The summed E-state index contributed by atoms with van der Waals surface area (Å²) in [5, 5.41) is 3.60. The first kappa shape index (κ1) is 18.3. The number of aryl methyl sites for hydroxylation is 2. The Morgan fingerprint density at radius 2 is 2.00 bits per heavy atom. The summed E-state index contributed by atoms with van der Waals surface area (Å²) in [5.41, 5.74) is 2.96. The maximum atomic E-state index is 4.70. The number of aromatic nitrogens is 5. The Morgan fingerprint density at radius 3 is 2.75 bits per heavy atom. The molecule has 0 unspecified atom stereocenters. The maximum Gasteiger partial charge on any atom is 0.163 e. The fourth-order valence-corrected chi connectivity index (χ4v) is 3.48. The SMILES string of the molecule is CCc1cc(N2CCC(Nc3cc(C)nc(-c4cccnc4)n3)CC2)ncn1. The molecule has 3 aromatic rings. The molecule has 0 aliphatic carbocycles. The van der Waals surface area contributed by atoms with Crippen molar-refractivity contribution in [1.82, 2.24) is 24.9 Å². The normalized spacial score (nSPS) is 14.9. The summed E-state index contributed by atoms with van der Waals surface area (Å²) < 4.78 is 0. The Bertz CT molecular complexity index is 921. The largest absolute Gasteiger partial charge is 0.367 e. The minimum Gasteiger partial charge on any atom is -0.367 e. The van der Waals surface area contributed by atoms with Gasteiger partial charge >= 0.3 is 0 Å². The van der Waals surface area contributed by atoms with Crippen LogP contribution in [0.3, 0.4) is 0 Å². The van der Waals surface area contributed by atoms with Gasteiger partial charge in [0.1, 0.15) is 18.0 Å². The number of anilines is 2. The van der Waals surface area contributed by atoms with Gasteiger partial charge < -0.3 is 10.2 Å². The number of pyridine rings is 1. The predicted octanol–water partition coefficient (Wildman–Crippen LogP) is 3.28. The molecule has 0 saturated carbocycles. The van der Waals surface area contributed by atoms with Crippen LogP contribution in [0.5, 0.6) is 0 Å². The Kier molecular flexibility index (Phi) is 5.41. The molecule has 1 fully saturated rings. The highest BCUT2D eigenvalue weighted by atomic mass is 15.2. The van der Waals surface area contributed by atoms with Gasteiger partial charge in [-0.15, -0.1) is 0 Å². The van der Waals surface area contributed by atoms with Gasteiger partial charge in [-0.25, -0.2) is 19.9 Å². The van der Waals surface area contributed by atoms with E-state index in [2.05, 4.69) is 43.1 Å². The first-order valence-electron chi connectivity index (χ1n) is 9.80. The highest BCUT2D eigenvalue weighted by Gasteiger charge is 2.21. The number of nitrogens with one attached hydrogen (secondary N) is 1. The molecule has 0 bridgehead atoms. The van der Waals surface area contributed by atoms with Gasteiger partial charge in [-0.1, -0.05) is 6.92 Å². The molecule has 0 amide bonds. The van der Waals surface area contributed by atoms with Crippen molar-refractivity contribution < 1.29 is 0 Å². The molecule has 3 aromatic heterocycles. The van der Waals surface area contributed by atoms with E-state index < -0.39 is 0 Å². The third-order valence-corrected chi connectivity index (χ3v) is 5.02. The van der Waals surface area contributed by atoms with Crippen molar-refractivity contribution in [2.45, 2.75) is 39.2 Å². The Labute approximate surface area is 165 Å². The summed E-state index contributed by atoms with van der Waals surface area (Å²) in [4.78, 5) is 24.5. The summed E-state index contributed by atoms with van der Waals surface area (Å²) in [5.74, 6) is 2.61. The van der Waals surface area contributed by atoms with Crippen molar-refractivity contribution >= 4 is 11.6 Å². The molecule has 1 N–H and O–H groups in total. The van der Waals surface area contributed by atoms with Gasteiger partial charge in [0.2, 0.25) is 0 Å². The van der Waals surface area contributed by atoms with Crippen LogP contribution in [0.4, 0.5) is 11.6 Å². The van der Waals surface area contributed by atoms with Crippen molar-refractivity contribution in [1.29, 1.82) is 0 Å². The van der Waals surface area contributed by atoms with Crippen LogP contribution in [0.15, 0.2) is 43.0 Å². The van der Waals surface area contributed by atoms with Gasteiger partial charge in [0, 0.05) is 60.6 Å². The van der Waals surface area contributed by atoms with E-state index in [1.807, 2.05) is 25.1 Å². The average Bonchev–Trinajstić information content (AvgIpc) is 2.74. The highest BCUT2D eigenvalue weighted by molar-refractivity contribution is 5.56. The number of rotatable bonds is 5. The summed E-state index contributed by atoms with van der Waals surface area (Å²) in [7, 11) is 0. The fraction of sp³-hybridized carbons (Fsp3) is 0.381. The van der Waals surface area contributed by atoms with Crippen molar-refractivity contribution in [3.63, 3.8) is 0 Å².